The molecule has 0 saturated carbocycles. The summed E-state index contributed by atoms with van der Waals surface area (Å²) in [5.74, 6) is -0.665. The Bertz CT molecular complexity index is 1160. The molecular formula is C22H19FN4O2. The van der Waals surface area contributed by atoms with Crippen LogP contribution in [-0.2, 0) is 17.8 Å². The highest BCUT2D eigenvalue weighted by atomic mass is 19.1. The third-order valence-corrected chi connectivity index (χ3v) is 4.58. The minimum atomic E-state index is -0.627. The van der Waals surface area contributed by atoms with Gasteiger partial charge in [-0.05, 0) is 48.7 Å². The van der Waals surface area contributed by atoms with Crippen molar-refractivity contribution in [1.82, 2.24) is 9.55 Å². The van der Waals surface area contributed by atoms with E-state index in [1.165, 1.54) is 24.3 Å². The summed E-state index contributed by atoms with van der Waals surface area (Å²) < 4.78 is 14.4. The Morgan fingerprint density at radius 3 is 2.62 bits per heavy atom. The Labute approximate surface area is 167 Å². The van der Waals surface area contributed by atoms with Crippen LogP contribution in [0.5, 0.6) is 0 Å². The fourth-order valence-corrected chi connectivity index (χ4v) is 3.07. The van der Waals surface area contributed by atoms with Crippen LogP contribution in [-0.4, -0.2) is 15.5 Å². The fourth-order valence-electron chi connectivity index (χ4n) is 3.07. The lowest BCUT2D eigenvalue weighted by Gasteiger charge is -2.15. The van der Waals surface area contributed by atoms with Gasteiger partial charge in [0, 0.05) is 11.3 Å². The van der Waals surface area contributed by atoms with Crippen LogP contribution in [0, 0.1) is 24.1 Å². The van der Waals surface area contributed by atoms with E-state index < -0.39 is 17.3 Å². The van der Waals surface area contributed by atoms with E-state index >= 15 is 0 Å². The lowest BCUT2D eigenvalue weighted by Crippen LogP contribution is -2.31. The van der Waals surface area contributed by atoms with Gasteiger partial charge in [0.1, 0.15) is 29.8 Å². The van der Waals surface area contributed by atoms with Gasteiger partial charge in [-0.25, -0.2) is 9.37 Å². The number of halogens is 1. The second-order valence-corrected chi connectivity index (χ2v) is 6.52. The molecule has 0 spiro atoms. The average molecular weight is 390 g/mol. The van der Waals surface area contributed by atoms with Crippen molar-refractivity contribution in [2.45, 2.75) is 26.8 Å². The van der Waals surface area contributed by atoms with E-state index in [2.05, 4.69) is 10.3 Å². The number of nitrogens with one attached hydrogen (secondary N) is 1. The van der Waals surface area contributed by atoms with E-state index in [1.54, 1.807) is 6.07 Å². The van der Waals surface area contributed by atoms with Crippen LogP contribution in [0.15, 0.2) is 53.5 Å². The van der Waals surface area contributed by atoms with Crippen molar-refractivity contribution >= 4 is 11.6 Å². The molecule has 0 fully saturated rings. The van der Waals surface area contributed by atoms with E-state index in [9.17, 15) is 14.0 Å². The predicted molar refractivity (Wildman–Crippen MR) is 108 cm³/mol. The van der Waals surface area contributed by atoms with E-state index in [-0.39, 0.29) is 17.9 Å². The molecule has 6 nitrogen and oxygen atoms in total. The lowest BCUT2D eigenvalue weighted by atomic mass is 10.1. The van der Waals surface area contributed by atoms with E-state index in [0.717, 1.165) is 28.3 Å². The molecule has 0 radical (unpaired) electrons. The van der Waals surface area contributed by atoms with Crippen LogP contribution in [0.3, 0.4) is 0 Å². The molecule has 1 heterocycles. The first kappa shape index (κ1) is 20.0. The number of anilines is 1. The van der Waals surface area contributed by atoms with Crippen molar-refractivity contribution in [3.63, 3.8) is 0 Å². The van der Waals surface area contributed by atoms with Crippen molar-refractivity contribution in [2.75, 3.05) is 5.32 Å². The molecule has 7 heteroatoms. The summed E-state index contributed by atoms with van der Waals surface area (Å²) in [7, 11) is 0. The predicted octanol–water partition coefficient (Wildman–Crippen LogP) is 3.43. The van der Waals surface area contributed by atoms with Crippen molar-refractivity contribution in [1.29, 1.82) is 5.26 Å². The molecule has 2 aromatic carbocycles. The quantitative estimate of drug-likeness (QED) is 0.723. The Kier molecular flexibility index (Phi) is 5.84. The molecule has 1 N–H and O–H groups in total. The number of aryl methyl sites for hydroxylation is 2. The number of para-hydroxylation sites is 1. The molecular weight excluding hydrogens is 371 g/mol. The number of hydrogen-bond acceptors (Lipinski definition) is 4. The molecule has 146 valence electrons. The lowest BCUT2D eigenvalue weighted by molar-refractivity contribution is -0.116. The van der Waals surface area contributed by atoms with Crippen LogP contribution in [0.1, 0.15) is 23.6 Å². The van der Waals surface area contributed by atoms with Crippen LogP contribution < -0.4 is 10.9 Å². The zero-order valence-corrected chi connectivity index (χ0v) is 16.1. The maximum absolute atomic E-state index is 13.3. The third-order valence-electron chi connectivity index (χ3n) is 4.58. The third kappa shape index (κ3) is 4.22. The van der Waals surface area contributed by atoms with Crippen LogP contribution in [0.25, 0.3) is 11.4 Å². The molecule has 3 rings (SSSR count). The first-order chi connectivity index (χ1) is 13.9. The Morgan fingerprint density at radius 2 is 1.97 bits per heavy atom. The van der Waals surface area contributed by atoms with Crippen molar-refractivity contribution in [2.24, 2.45) is 0 Å². The summed E-state index contributed by atoms with van der Waals surface area (Å²) in [5.41, 5.74) is 2.26. The van der Waals surface area contributed by atoms with Gasteiger partial charge in [-0.3, -0.25) is 14.2 Å². The highest BCUT2D eigenvalue weighted by molar-refractivity contribution is 5.92. The average Bonchev–Trinajstić information content (AvgIpc) is 2.71. The maximum Gasteiger partial charge on any atom is 0.272 e. The maximum atomic E-state index is 13.3. The summed E-state index contributed by atoms with van der Waals surface area (Å²) in [5, 5.41) is 12.0. The minimum absolute atomic E-state index is 0.172. The van der Waals surface area contributed by atoms with Crippen LogP contribution >= 0.6 is 0 Å². The normalized spacial score (nSPS) is 10.4. The summed E-state index contributed by atoms with van der Waals surface area (Å²) in [6.07, 6.45) is 1.90. The Hall–Kier alpha value is -3.79. The number of benzene rings is 2. The molecule has 0 unspecified atom stereocenters. The number of hydrogen-bond donors (Lipinski definition) is 1. The highest BCUT2D eigenvalue weighted by Gasteiger charge is 2.16. The zero-order valence-electron chi connectivity index (χ0n) is 16.1. The molecule has 0 atom stereocenters. The van der Waals surface area contributed by atoms with Gasteiger partial charge in [-0.2, -0.15) is 5.26 Å². The first-order valence-corrected chi connectivity index (χ1v) is 9.08. The Morgan fingerprint density at radius 1 is 1.24 bits per heavy atom. The topological polar surface area (TPSA) is 87.8 Å². The summed E-state index contributed by atoms with van der Waals surface area (Å²) in [6.45, 7) is 3.55. The summed E-state index contributed by atoms with van der Waals surface area (Å²) >= 11 is 0. The summed E-state index contributed by atoms with van der Waals surface area (Å²) in [6, 6.07) is 12.9. The Balaban J connectivity index is 2.00. The molecule has 1 amide bonds. The summed E-state index contributed by atoms with van der Waals surface area (Å²) in [4.78, 5) is 29.6. The molecule has 0 aliphatic carbocycles. The zero-order chi connectivity index (χ0) is 21.0. The van der Waals surface area contributed by atoms with Gasteiger partial charge in [-0.1, -0.05) is 25.1 Å². The largest absolute Gasteiger partial charge is 0.324 e. The standard InChI is InChI=1S/C22H19FN4O2/c1-3-15-6-4-5-14(2)20(15)26-19(28)13-27-21(16-7-9-18(23)10-8-16)25-12-17(11-24)22(27)29/h4-10,12H,3,13H2,1-2H3,(H,26,28). The van der Waals surface area contributed by atoms with Crippen LogP contribution in [0.2, 0.25) is 0 Å². The molecule has 0 bridgehead atoms. The number of aromatic nitrogens is 2. The number of rotatable bonds is 5. The van der Waals surface area contributed by atoms with E-state index in [0.29, 0.717) is 11.3 Å². The molecule has 1 aromatic heterocycles. The first-order valence-electron chi connectivity index (χ1n) is 9.08. The number of amides is 1. The van der Waals surface area contributed by atoms with Crippen molar-refractivity contribution in [3.8, 4) is 17.5 Å². The van der Waals surface area contributed by atoms with E-state index in [4.69, 9.17) is 5.26 Å². The number of nitrogens with zero attached hydrogens (tertiary/aromatic N) is 3. The number of nitriles is 1. The van der Waals surface area contributed by atoms with Gasteiger partial charge in [0.2, 0.25) is 5.91 Å². The second kappa shape index (κ2) is 8.48. The van der Waals surface area contributed by atoms with Crippen molar-refractivity contribution < 1.29 is 9.18 Å². The monoisotopic (exact) mass is 390 g/mol. The van der Waals surface area contributed by atoms with Crippen molar-refractivity contribution in [3.05, 3.63) is 81.5 Å². The fraction of sp³-hybridized carbons (Fsp3) is 0.182. The second-order valence-electron chi connectivity index (χ2n) is 6.52. The number of carbonyl (C=O) groups is 1. The molecule has 29 heavy (non-hydrogen) atoms. The molecule has 3 aromatic rings. The smallest absolute Gasteiger partial charge is 0.272 e. The van der Waals surface area contributed by atoms with Gasteiger partial charge < -0.3 is 5.32 Å². The van der Waals surface area contributed by atoms with Gasteiger partial charge >= 0.3 is 0 Å². The van der Waals surface area contributed by atoms with E-state index in [1.807, 2.05) is 32.0 Å². The highest BCUT2D eigenvalue weighted by Crippen LogP contribution is 2.21. The number of carbonyl (C=O) groups excluding carboxylic acids is 1. The van der Waals surface area contributed by atoms with Gasteiger partial charge in [0.25, 0.3) is 5.56 Å². The SMILES string of the molecule is CCc1cccc(C)c1NC(=O)Cn1c(-c2ccc(F)cc2)ncc(C#N)c1=O. The molecule has 0 aliphatic heterocycles. The molecule has 0 saturated heterocycles. The molecule has 0 aliphatic rings. The minimum Gasteiger partial charge on any atom is -0.324 e. The van der Waals surface area contributed by atoms with Crippen LogP contribution in [0.4, 0.5) is 10.1 Å². The van der Waals surface area contributed by atoms with Gasteiger partial charge in [-0.15, -0.1) is 0 Å². The van der Waals surface area contributed by atoms with Gasteiger partial charge in [0.05, 0.1) is 6.20 Å². The van der Waals surface area contributed by atoms with Gasteiger partial charge in [0.15, 0.2) is 0 Å².